The van der Waals surface area contributed by atoms with E-state index in [0.29, 0.717) is 5.92 Å². The molecule has 0 bridgehead atoms. The van der Waals surface area contributed by atoms with E-state index in [-0.39, 0.29) is 24.1 Å². The lowest BCUT2D eigenvalue weighted by Gasteiger charge is -2.27. The van der Waals surface area contributed by atoms with Crippen molar-refractivity contribution in [1.82, 2.24) is 5.32 Å². The van der Waals surface area contributed by atoms with Crippen LogP contribution in [0.5, 0.6) is 0 Å². The smallest absolute Gasteiger partial charge is 0.302 e. The summed E-state index contributed by atoms with van der Waals surface area (Å²) in [6.45, 7) is 3.65. The molecule has 0 saturated carbocycles. The zero-order valence-corrected chi connectivity index (χ0v) is 9.83. The van der Waals surface area contributed by atoms with Gasteiger partial charge in [0.1, 0.15) is 0 Å². The lowest BCUT2D eigenvalue weighted by atomic mass is 9.87. The van der Waals surface area contributed by atoms with E-state index in [0.717, 1.165) is 25.9 Å². The van der Waals surface area contributed by atoms with Crippen LogP contribution in [0.2, 0.25) is 0 Å². The molecule has 0 aromatic rings. The molecule has 0 spiro atoms. The molecule has 1 fully saturated rings. The molecule has 1 N–H and O–H groups in total. The number of hydrogen-bond acceptors (Lipinski definition) is 3. The Morgan fingerprint density at radius 1 is 1.43 bits per heavy atom. The maximum absolute atomic E-state index is 12.4. The molecule has 1 aliphatic heterocycles. The van der Waals surface area contributed by atoms with Crippen molar-refractivity contribution in [3.8, 4) is 0 Å². The molecule has 3 nitrogen and oxygen atoms in total. The third-order valence-corrected chi connectivity index (χ3v) is 3.57. The van der Waals surface area contributed by atoms with Crippen LogP contribution in [0, 0.1) is 11.8 Å². The van der Waals surface area contributed by atoms with Gasteiger partial charge in [-0.3, -0.25) is 0 Å². The highest BCUT2D eigenvalue weighted by atomic mass is 35.5. The molecule has 0 aromatic carbocycles. The zero-order valence-electron chi connectivity index (χ0n) is 8.20. The summed E-state index contributed by atoms with van der Waals surface area (Å²) < 4.78 is 33.2. The molecule has 1 heterocycles. The predicted molar refractivity (Wildman–Crippen MR) is 56.9 cm³/mol. The normalized spacial score (nSPS) is 21.3. The topological polar surface area (TPSA) is 46.2 Å². The van der Waals surface area contributed by atoms with E-state index in [4.69, 9.17) is 0 Å². The number of rotatable bonds is 3. The van der Waals surface area contributed by atoms with Gasteiger partial charge in [-0.2, -0.15) is 8.42 Å². The Labute approximate surface area is 91.1 Å². The molecule has 86 valence electrons. The van der Waals surface area contributed by atoms with Crippen molar-refractivity contribution < 1.29 is 12.3 Å². The van der Waals surface area contributed by atoms with Gasteiger partial charge in [0.15, 0.2) is 0 Å². The first-order valence-electron chi connectivity index (χ1n) is 4.62. The Bertz CT molecular complexity index is 252. The van der Waals surface area contributed by atoms with Crippen LogP contribution in [0.1, 0.15) is 19.8 Å². The monoisotopic (exact) mass is 245 g/mol. The molecule has 0 amide bonds. The molecule has 0 aromatic heterocycles. The third kappa shape index (κ3) is 5.12. The van der Waals surface area contributed by atoms with Gasteiger partial charge in [-0.15, -0.1) is 16.3 Å². The highest BCUT2D eigenvalue weighted by Crippen LogP contribution is 2.23. The molecule has 14 heavy (non-hydrogen) atoms. The Balaban J connectivity index is 0.00000169. The Morgan fingerprint density at radius 3 is 2.36 bits per heavy atom. The SMILES string of the molecule is CC(CS(=O)(=O)F)C1CCNCC1.Cl. The van der Waals surface area contributed by atoms with E-state index in [1.807, 2.05) is 6.92 Å². The summed E-state index contributed by atoms with van der Waals surface area (Å²) in [5, 5.41) is 3.19. The van der Waals surface area contributed by atoms with Gasteiger partial charge in [-0.05, 0) is 37.8 Å². The quantitative estimate of drug-likeness (QED) is 0.764. The fraction of sp³-hybridized carbons (Fsp3) is 1.00. The molecule has 1 rings (SSSR count). The van der Waals surface area contributed by atoms with Crippen LogP contribution >= 0.6 is 12.4 Å². The van der Waals surface area contributed by atoms with E-state index in [9.17, 15) is 12.3 Å². The van der Waals surface area contributed by atoms with Crippen molar-refractivity contribution in [2.45, 2.75) is 19.8 Å². The van der Waals surface area contributed by atoms with Crippen LogP contribution in [-0.2, 0) is 10.2 Å². The highest BCUT2D eigenvalue weighted by molar-refractivity contribution is 7.86. The first-order chi connectivity index (χ1) is 5.99. The van der Waals surface area contributed by atoms with E-state index in [2.05, 4.69) is 5.32 Å². The van der Waals surface area contributed by atoms with Gasteiger partial charge in [-0.1, -0.05) is 6.92 Å². The van der Waals surface area contributed by atoms with Crippen LogP contribution in [0.3, 0.4) is 0 Å². The molecule has 0 aliphatic carbocycles. The van der Waals surface area contributed by atoms with E-state index in [1.54, 1.807) is 0 Å². The van der Waals surface area contributed by atoms with Gasteiger partial charge in [0.2, 0.25) is 0 Å². The summed E-state index contributed by atoms with van der Waals surface area (Å²) in [6, 6.07) is 0. The largest absolute Gasteiger partial charge is 0.317 e. The van der Waals surface area contributed by atoms with Gasteiger partial charge in [0, 0.05) is 0 Å². The first kappa shape index (κ1) is 14.1. The van der Waals surface area contributed by atoms with E-state index >= 15 is 0 Å². The average Bonchev–Trinajstić information content (AvgIpc) is 2.03. The molecular weight excluding hydrogens is 229 g/mol. The van der Waals surface area contributed by atoms with Gasteiger partial charge in [0.05, 0.1) is 5.75 Å². The summed E-state index contributed by atoms with van der Waals surface area (Å²) in [7, 11) is -4.29. The van der Waals surface area contributed by atoms with Crippen LogP contribution in [0.25, 0.3) is 0 Å². The third-order valence-electron chi connectivity index (χ3n) is 2.65. The van der Waals surface area contributed by atoms with Gasteiger partial charge >= 0.3 is 10.2 Å². The van der Waals surface area contributed by atoms with Gasteiger partial charge in [0.25, 0.3) is 0 Å². The Morgan fingerprint density at radius 2 is 1.93 bits per heavy atom. The van der Waals surface area contributed by atoms with Crippen LogP contribution < -0.4 is 5.32 Å². The molecular formula is C8H17ClFNO2S. The molecule has 1 saturated heterocycles. The minimum atomic E-state index is -4.29. The molecule has 0 radical (unpaired) electrons. The maximum Gasteiger partial charge on any atom is 0.302 e. The summed E-state index contributed by atoms with van der Waals surface area (Å²) in [5.74, 6) is -0.0265. The fourth-order valence-electron chi connectivity index (χ4n) is 1.86. The fourth-order valence-corrected chi connectivity index (χ4v) is 2.76. The van der Waals surface area contributed by atoms with E-state index in [1.165, 1.54) is 0 Å². The lowest BCUT2D eigenvalue weighted by Crippen LogP contribution is -2.32. The van der Waals surface area contributed by atoms with Crippen molar-refractivity contribution in [2.75, 3.05) is 18.8 Å². The average molecular weight is 246 g/mol. The van der Waals surface area contributed by atoms with Gasteiger partial charge < -0.3 is 5.32 Å². The van der Waals surface area contributed by atoms with Crippen molar-refractivity contribution in [1.29, 1.82) is 0 Å². The number of hydrogen-bond donors (Lipinski definition) is 1. The summed E-state index contributed by atoms with van der Waals surface area (Å²) in [5.41, 5.74) is 0. The van der Waals surface area contributed by atoms with Crippen molar-refractivity contribution in [3.63, 3.8) is 0 Å². The Hall–Kier alpha value is 0.130. The lowest BCUT2D eigenvalue weighted by molar-refractivity contribution is 0.291. The summed E-state index contributed by atoms with van der Waals surface area (Å²) in [4.78, 5) is 0. The maximum atomic E-state index is 12.4. The second kappa shape index (κ2) is 5.88. The first-order valence-corrected chi connectivity index (χ1v) is 6.17. The minimum absolute atomic E-state index is 0. The second-order valence-corrected chi connectivity index (χ2v) is 5.18. The van der Waals surface area contributed by atoms with Crippen molar-refractivity contribution in [3.05, 3.63) is 0 Å². The number of nitrogens with one attached hydrogen (secondary N) is 1. The summed E-state index contributed by atoms with van der Waals surface area (Å²) in [6.07, 6.45) is 1.91. The number of halogens is 2. The molecule has 1 aliphatic rings. The van der Waals surface area contributed by atoms with Crippen molar-refractivity contribution in [2.24, 2.45) is 11.8 Å². The molecule has 1 atom stereocenters. The molecule has 1 unspecified atom stereocenters. The molecule has 6 heteroatoms. The second-order valence-electron chi connectivity index (χ2n) is 3.77. The number of piperidine rings is 1. The minimum Gasteiger partial charge on any atom is -0.317 e. The standard InChI is InChI=1S/C8H16FNO2S.ClH/c1-7(6-13(9,11)12)8-2-4-10-5-3-8;/h7-8,10H,2-6H2,1H3;1H. The summed E-state index contributed by atoms with van der Waals surface area (Å²) >= 11 is 0. The predicted octanol–water partition coefficient (Wildman–Crippen LogP) is 1.34. The Kier molecular flexibility index (Phi) is 5.93. The highest BCUT2D eigenvalue weighted by Gasteiger charge is 2.24. The van der Waals surface area contributed by atoms with Gasteiger partial charge in [-0.25, -0.2) is 0 Å². The van der Waals surface area contributed by atoms with E-state index < -0.39 is 10.2 Å². The van der Waals surface area contributed by atoms with Crippen molar-refractivity contribution >= 4 is 22.6 Å². The zero-order chi connectivity index (χ0) is 9.90. The van der Waals surface area contributed by atoms with Crippen LogP contribution in [-0.4, -0.2) is 27.3 Å². The van der Waals surface area contributed by atoms with Crippen LogP contribution in [0.4, 0.5) is 3.89 Å². The van der Waals surface area contributed by atoms with Crippen LogP contribution in [0.15, 0.2) is 0 Å².